The molecule has 4 atom stereocenters. The Morgan fingerprint density at radius 1 is 1.02 bits per heavy atom. The van der Waals surface area contributed by atoms with E-state index in [1.165, 1.54) is 5.01 Å². The monoisotopic (exact) mass is 690 g/mol. The highest BCUT2D eigenvalue weighted by Crippen LogP contribution is 2.36. The minimum absolute atomic E-state index is 0.278. The number of pyridine rings is 1. The van der Waals surface area contributed by atoms with Crippen LogP contribution in [0, 0.1) is 11.3 Å². The molecule has 50 heavy (non-hydrogen) atoms. The molecular weight excluding hydrogens is 640 g/mol. The second-order valence-corrected chi connectivity index (χ2v) is 15.0. The van der Waals surface area contributed by atoms with Gasteiger partial charge in [0.2, 0.25) is 11.8 Å². The Labute approximate surface area is 293 Å². The lowest BCUT2D eigenvalue weighted by molar-refractivity contribution is -0.157. The molecule has 13 nitrogen and oxygen atoms in total. The average molecular weight is 691 g/mol. The van der Waals surface area contributed by atoms with E-state index in [9.17, 15) is 24.0 Å². The standard InChI is InChI=1S/C37H50N6O7/c1-22(2)30-31(44)38-23(3)32(45)43-18-8-9-28(41-43)33(46)49-24(4)27-13-12-26-11-10-25(21-29(26)39-27)14-15-37(34(47)40-30)16-19-42(20-17-37)35(48)50-36(5,6)7/h10-15,21-24,28,30,41H,8-9,16-20H2,1-7H3,(H,38,44)(H,40,47)/b15-14+/t23-,24+,28-,30-/m0/s1. The van der Waals surface area contributed by atoms with Crippen LogP contribution in [0.5, 0.6) is 0 Å². The SMILES string of the molecule is CC(C)[C@@H]1NC(=O)C2(/C=C/c3ccc4ccc(nc4c3)[C@@H](C)OC(=O)[C@@H]3CCCN(N3)C(=O)[C@H](C)NC1=O)CCN(C(=O)OC(C)(C)C)CC2. The van der Waals surface area contributed by atoms with E-state index in [0.717, 1.165) is 10.9 Å². The third kappa shape index (κ3) is 8.43. The minimum Gasteiger partial charge on any atom is -0.455 e. The van der Waals surface area contributed by atoms with E-state index in [-0.39, 0.29) is 24.9 Å². The first-order valence-electron chi connectivity index (χ1n) is 17.5. The molecule has 1 aromatic carbocycles. The van der Waals surface area contributed by atoms with Gasteiger partial charge < -0.3 is 25.0 Å². The molecule has 0 aliphatic carbocycles. The van der Waals surface area contributed by atoms with E-state index in [2.05, 4.69) is 16.1 Å². The molecule has 1 spiro atoms. The fourth-order valence-corrected chi connectivity index (χ4v) is 6.47. The van der Waals surface area contributed by atoms with Crippen LogP contribution in [0.2, 0.25) is 0 Å². The van der Waals surface area contributed by atoms with Gasteiger partial charge in [-0.25, -0.2) is 15.2 Å². The highest BCUT2D eigenvalue weighted by molar-refractivity contribution is 5.94. The third-order valence-corrected chi connectivity index (χ3v) is 9.50. The van der Waals surface area contributed by atoms with Crippen LogP contribution in [0.4, 0.5) is 4.79 Å². The summed E-state index contributed by atoms with van der Waals surface area (Å²) in [5.74, 6) is -2.06. The molecule has 270 valence electrons. The van der Waals surface area contributed by atoms with Gasteiger partial charge in [-0.05, 0) is 83.9 Å². The van der Waals surface area contributed by atoms with Crippen LogP contribution >= 0.6 is 0 Å². The molecule has 3 aliphatic rings. The summed E-state index contributed by atoms with van der Waals surface area (Å²) in [6.07, 6.45) is 4.28. The lowest BCUT2D eigenvalue weighted by Gasteiger charge is -2.40. The Morgan fingerprint density at radius 3 is 2.40 bits per heavy atom. The number of nitrogens with one attached hydrogen (secondary N) is 3. The number of carbonyl (C=O) groups excluding carboxylic acids is 5. The zero-order valence-corrected chi connectivity index (χ0v) is 30.1. The number of rotatable bonds is 1. The van der Waals surface area contributed by atoms with Gasteiger partial charge in [-0.3, -0.25) is 24.2 Å². The number of piperidine rings is 1. The maximum Gasteiger partial charge on any atom is 0.410 e. The fourth-order valence-electron chi connectivity index (χ4n) is 6.47. The highest BCUT2D eigenvalue weighted by atomic mass is 16.6. The van der Waals surface area contributed by atoms with Crippen molar-refractivity contribution in [3.8, 4) is 0 Å². The smallest absolute Gasteiger partial charge is 0.410 e. The Hall–Kier alpha value is -4.52. The molecule has 2 fully saturated rings. The van der Waals surface area contributed by atoms with Crippen LogP contribution in [-0.2, 0) is 28.7 Å². The lowest BCUT2D eigenvalue weighted by Crippen LogP contribution is -2.61. The quantitative estimate of drug-likeness (QED) is 0.376. The van der Waals surface area contributed by atoms with E-state index in [1.54, 1.807) is 18.7 Å². The number of amides is 4. The zero-order chi connectivity index (χ0) is 36.4. The number of aromatic nitrogens is 1. The van der Waals surface area contributed by atoms with Gasteiger partial charge >= 0.3 is 12.1 Å². The molecular formula is C37H50N6O7. The van der Waals surface area contributed by atoms with Crippen molar-refractivity contribution in [3.05, 3.63) is 47.7 Å². The summed E-state index contributed by atoms with van der Waals surface area (Å²) in [4.78, 5) is 74.0. The summed E-state index contributed by atoms with van der Waals surface area (Å²) in [5.41, 5.74) is 3.34. The summed E-state index contributed by atoms with van der Waals surface area (Å²) in [6.45, 7) is 13.3. The van der Waals surface area contributed by atoms with E-state index in [0.29, 0.717) is 43.4 Å². The normalized spacial score (nSPS) is 26.0. The minimum atomic E-state index is -1.05. The van der Waals surface area contributed by atoms with Crippen molar-refractivity contribution in [3.63, 3.8) is 0 Å². The van der Waals surface area contributed by atoms with Gasteiger partial charge in [-0.15, -0.1) is 0 Å². The maximum atomic E-state index is 14.3. The van der Waals surface area contributed by atoms with Crippen molar-refractivity contribution in [2.75, 3.05) is 19.6 Å². The van der Waals surface area contributed by atoms with Crippen LogP contribution in [-0.4, -0.2) is 88.0 Å². The van der Waals surface area contributed by atoms with E-state index in [1.807, 2.05) is 77.1 Å². The van der Waals surface area contributed by atoms with Gasteiger partial charge in [0.15, 0.2) is 0 Å². The van der Waals surface area contributed by atoms with Crippen LogP contribution in [0.3, 0.4) is 0 Å². The summed E-state index contributed by atoms with van der Waals surface area (Å²) in [6, 6.07) is 6.89. The van der Waals surface area contributed by atoms with Gasteiger partial charge in [0.25, 0.3) is 5.91 Å². The van der Waals surface area contributed by atoms with Crippen LogP contribution in [0.25, 0.3) is 17.0 Å². The molecule has 0 saturated carbocycles. The van der Waals surface area contributed by atoms with Crippen molar-refractivity contribution >= 4 is 46.8 Å². The van der Waals surface area contributed by atoms with Gasteiger partial charge in [-0.2, -0.15) is 0 Å². The summed E-state index contributed by atoms with van der Waals surface area (Å²) < 4.78 is 11.4. The number of hydrogen-bond donors (Lipinski definition) is 3. The number of benzene rings is 1. The predicted octanol–water partition coefficient (Wildman–Crippen LogP) is 4.02. The molecule has 1 aromatic heterocycles. The number of nitrogens with zero attached hydrogens (tertiary/aromatic N) is 3. The van der Waals surface area contributed by atoms with Crippen molar-refractivity contribution < 1.29 is 33.4 Å². The van der Waals surface area contributed by atoms with Crippen molar-refractivity contribution in [2.24, 2.45) is 11.3 Å². The van der Waals surface area contributed by atoms with E-state index < -0.39 is 59.1 Å². The number of hydrogen-bond acceptors (Lipinski definition) is 9. The van der Waals surface area contributed by atoms with Crippen LogP contribution in [0.1, 0.15) is 91.5 Å². The molecule has 13 heteroatoms. The predicted molar refractivity (Wildman–Crippen MR) is 187 cm³/mol. The summed E-state index contributed by atoms with van der Waals surface area (Å²) in [7, 11) is 0. The number of cyclic esters (lactones) is 1. The summed E-state index contributed by atoms with van der Waals surface area (Å²) >= 11 is 0. The van der Waals surface area contributed by atoms with Gasteiger partial charge in [0.1, 0.15) is 29.8 Å². The van der Waals surface area contributed by atoms with Gasteiger partial charge in [0, 0.05) is 25.0 Å². The molecule has 5 bridgehead atoms. The van der Waals surface area contributed by atoms with Crippen LogP contribution < -0.4 is 16.1 Å². The number of carbonyl (C=O) groups is 5. The number of esters is 1. The second kappa shape index (κ2) is 14.8. The third-order valence-electron chi connectivity index (χ3n) is 9.50. The van der Waals surface area contributed by atoms with E-state index in [4.69, 9.17) is 14.5 Å². The zero-order valence-electron chi connectivity index (χ0n) is 30.1. The first kappa shape index (κ1) is 36.8. The molecule has 3 aliphatic heterocycles. The molecule has 0 radical (unpaired) electrons. The summed E-state index contributed by atoms with van der Waals surface area (Å²) in [5, 5.41) is 8.02. The molecule has 2 aromatic rings. The Balaban J connectivity index is 1.51. The average Bonchev–Trinajstić information content (AvgIpc) is 3.07. The van der Waals surface area contributed by atoms with Gasteiger partial charge in [0.05, 0.1) is 16.6 Å². The Bertz CT molecular complexity index is 1660. The largest absolute Gasteiger partial charge is 0.455 e. The highest BCUT2D eigenvalue weighted by Gasteiger charge is 2.43. The molecule has 0 unspecified atom stereocenters. The number of fused-ring (bicyclic) bond motifs is 4. The van der Waals surface area contributed by atoms with Crippen molar-refractivity contribution in [1.29, 1.82) is 0 Å². The van der Waals surface area contributed by atoms with Gasteiger partial charge in [-0.1, -0.05) is 44.2 Å². The first-order valence-corrected chi connectivity index (χ1v) is 17.5. The first-order chi connectivity index (χ1) is 23.5. The molecule has 5 rings (SSSR count). The molecule has 2 saturated heterocycles. The van der Waals surface area contributed by atoms with Crippen molar-refractivity contribution in [1.82, 2.24) is 31.0 Å². The second-order valence-electron chi connectivity index (χ2n) is 15.0. The topological polar surface area (TPSA) is 159 Å². The lowest BCUT2D eigenvalue weighted by atomic mass is 9.76. The Morgan fingerprint density at radius 2 is 1.72 bits per heavy atom. The van der Waals surface area contributed by atoms with Crippen molar-refractivity contribution in [2.45, 2.75) is 104 Å². The molecule has 4 heterocycles. The van der Waals surface area contributed by atoms with Crippen LogP contribution in [0.15, 0.2) is 36.4 Å². The number of ether oxygens (including phenoxy) is 2. The fraction of sp³-hybridized carbons (Fsp3) is 0.568. The number of hydrazine groups is 1. The number of likely N-dealkylation sites (tertiary alicyclic amines) is 1. The Kier molecular flexibility index (Phi) is 10.8. The van der Waals surface area contributed by atoms with E-state index >= 15 is 0 Å². The molecule has 3 N–H and O–H groups in total. The molecule has 4 amide bonds. The maximum absolute atomic E-state index is 14.3.